The first-order chi connectivity index (χ1) is 37.2. The summed E-state index contributed by atoms with van der Waals surface area (Å²) < 4.78 is 116. The van der Waals surface area contributed by atoms with Gasteiger partial charge in [-0.3, -0.25) is 42.3 Å². The quantitative estimate of drug-likeness (QED) is 0.0167. The number of aliphatic hydroxyl groups is 3. The van der Waals surface area contributed by atoms with Gasteiger partial charge in [0.05, 0.1) is 52.2 Å². The number of imidazole rings is 3. The molecule has 0 bridgehead atoms. The van der Waals surface area contributed by atoms with Gasteiger partial charge in [0.15, 0.2) is 35.1 Å². The number of nitrogen functional groups attached to an aromatic ring is 3. The Bertz CT molecular complexity index is 3550. The number of phosphoric acid groups is 4. The van der Waals surface area contributed by atoms with Crippen LogP contribution in [0.1, 0.15) is 32.0 Å². The van der Waals surface area contributed by atoms with Gasteiger partial charge in [0.2, 0.25) is 24.5 Å². The van der Waals surface area contributed by atoms with Crippen LogP contribution in [0.3, 0.4) is 0 Å². The Hall–Kier alpha value is -5.15. The number of hydrogen-bond donors (Lipinski definition) is 11. The van der Waals surface area contributed by atoms with E-state index in [-0.39, 0.29) is 64.4 Å². The van der Waals surface area contributed by atoms with E-state index in [1.807, 2.05) is 0 Å². The molecule has 3 saturated heterocycles. The molecule has 5 unspecified atom stereocenters. The van der Waals surface area contributed by atoms with E-state index in [1.54, 1.807) is 6.92 Å². The molecule has 9 rings (SSSR count). The van der Waals surface area contributed by atoms with Gasteiger partial charge in [-0.15, -0.1) is 0 Å². The van der Waals surface area contributed by atoms with Crippen molar-refractivity contribution in [3.63, 3.8) is 0 Å². The SMILES string of the molecule is CCCOC[C@H]1[C@@H](O)[C@H](n2c[n+](C)c3c(=O)[nH]c(N)nc32)O[C@@H]1COP(=O)(O)OP(=O)(O)OP(=O)(O)OCC1O[C@@H](n2cnc3c(N)ncnc32)[C@H](OC)[C@@H]1OP(=O)([O-])OC[C@H]1O[C@@H](n2cnc3c(=O)[nH]c(N)nc32)[C@H](O)[C@@H]1O. The number of fused-ring (bicyclic) bond motifs is 3. The standard InChI is InChI=1S/C36H51N15O24P4/c1-4-5-66-6-14-15(70-32(21(14)52)51-13-48(2)20-29(51)45-36(39)47-31(20)56)7-68-77(59,60)74-79(63,64)75-78(61,62)69-9-17-24(25(65-3)34(72-17)49-11-42-18-26(37)40-10-41-27(18)49)73-76(57,58)67-8-16-22(53)23(54)33(71-16)50-12-43-19-28(50)44-35(38)46-30(19)55/h10-17,21-25,32-34,52-54H,4-9H2,1-3H3,(H11-,37,38,39,40,41,44,45,46,47,55,56,57,58,59,60,61,62,63,64)/t14-,15-,16-,17?,21-,22-,23-,24-,25-,32-,33-,34-/m1/s1. The van der Waals surface area contributed by atoms with Gasteiger partial charge < -0.3 is 84.8 Å². The van der Waals surface area contributed by atoms with Gasteiger partial charge >= 0.3 is 29.0 Å². The van der Waals surface area contributed by atoms with Gasteiger partial charge in [0.1, 0.15) is 54.6 Å². The topological polar surface area (TPSA) is 554 Å². The number of methoxy groups -OCH3 is 1. The number of rotatable bonds is 23. The Morgan fingerprint density at radius 3 is 1.95 bits per heavy atom. The Morgan fingerprint density at radius 1 is 0.696 bits per heavy atom. The Balaban J connectivity index is 0.872. The van der Waals surface area contributed by atoms with Crippen molar-refractivity contribution in [3.8, 4) is 0 Å². The highest BCUT2D eigenvalue weighted by molar-refractivity contribution is 7.66. The molecular formula is C36H51N15O24P4. The van der Waals surface area contributed by atoms with Crippen LogP contribution in [-0.4, -0.2) is 173 Å². The number of aromatic nitrogens is 12. The molecule has 0 aliphatic carbocycles. The van der Waals surface area contributed by atoms with E-state index in [2.05, 4.69) is 48.5 Å². The summed E-state index contributed by atoms with van der Waals surface area (Å²) in [5.41, 5.74) is 15.7. The molecule has 39 nitrogen and oxygen atoms in total. The molecular weight excluding hydrogens is 1150 g/mol. The second-order valence-electron chi connectivity index (χ2n) is 17.7. The van der Waals surface area contributed by atoms with Crippen LogP contribution in [0.15, 0.2) is 34.9 Å². The zero-order chi connectivity index (χ0) is 57.1. The predicted octanol–water partition coefficient (Wildman–Crippen LogP) is -3.66. The fourth-order valence-corrected chi connectivity index (χ4v) is 13.4. The lowest BCUT2D eigenvalue weighted by Crippen LogP contribution is -2.39. The number of aliphatic hydroxyl groups excluding tert-OH is 3. The minimum Gasteiger partial charge on any atom is -0.756 e. The highest BCUT2D eigenvalue weighted by atomic mass is 31.3. The molecule has 14 N–H and O–H groups in total. The van der Waals surface area contributed by atoms with E-state index in [0.29, 0.717) is 6.42 Å². The van der Waals surface area contributed by atoms with E-state index < -0.39 is 136 Å². The molecule has 0 aromatic carbocycles. The average Bonchev–Trinajstić information content (AvgIpc) is 4.43. The van der Waals surface area contributed by atoms with E-state index in [1.165, 1.54) is 27.1 Å². The van der Waals surface area contributed by atoms with Gasteiger partial charge in [-0.1, -0.05) is 6.92 Å². The number of aryl methyl sites for hydroxylation is 1. The number of anilines is 3. The van der Waals surface area contributed by atoms with Crippen molar-refractivity contribution in [1.82, 2.24) is 53.6 Å². The van der Waals surface area contributed by atoms with Crippen molar-refractivity contribution in [2.45, 2.75) is 80.9 Å². The molecule has 434 valence electrons. The van der Waals surface area contributed by atoms with Crippen LogP contribution in [0.5, 0.6) is 0 Å². The number of aromatic amines is 2. The van der Waals surface area contributed by atoms with Crippen LogP contribution in [-0.2, 0) is 75.7 Å². The summed E-state index contributed by atoms with van der Waals surface area (Å²) >= 11 is 0. The summed E-state index contributed by atoms with van der Waals surface area (Å²) in [7, 11) is -21.1. The minimum atomic E-state index is -6.20. The van der Waals surface area contributed by atoms with Gasteiger partial charge in [-0.2, -0.15) is 23.2 Å². The fourth-order valence-electron chi connectivity index (χ4n) is 8.94. The number of nitrogens with zero attached hydrogens (tertiary/aromatic N) is 10. The highest BCUT2D eigenvalue weighted by Crippen LogP contribution is 2.68. The molecule has 0 radical (unpaired) electrons. The minimum absolute atomic E-state index is 0.000467. The highest BCUT2D eigenvalue weighted by Gasteiger charge is 2.53. The van der Waals surface area contributed by atoms with Crippen LogP contribution in [0.4, 0.5) is 17.7 Å². The second-order valence-corrected chi connectivity index (χ2v) is 23.7. The molecule has 43 heteroatoms. The predicted molar refractivity (Wildman–Crippen MR) is 255 cm³/mol. The summed E-state index contributed by atoms with van der Waals surface area (Å²) in [6.07, 6.45) is -12.6. The zero-order valence-electron chi connectivity index (χ0n) is 41.0. The van der Waals surface area contributed by atoms with E-state index in [4.69, 9.17) is 59.0 Å². The third-order valence-electron chi connectivity index (χ3n) is 12.4. The van der Waals surface area contributed by atoms with Crippen molar-refractivity contribution in [2.24, 2.45) is 13.0 Å². The lowest BCUT2D eigenvalue weighted by Gasteiger charge is -2.31. The molecule has 0 amide bonds. The van der Waals surface area contributed by atoms with Gasteiger partial charge in [-0.25, -0.2) is 38.2 Å². The Morgan fingerprint density at radius 2 is 1.28 bits per heavy atom. The molecule has 0 saturated carbocycles. The van der Waals surface area contributed by atoms with Crippen LogP contribution in [0.25, 0.3) is 33.5 Å². The molecule has 3 fully saturated rings. The van der Waals surface area contributed by atoms with Crippen LogP contribution in [0, 0.1) is 5.92 Å². The molecule has 3 aliphatic rings. The maximum atomic E-state index is 13.6. The van der Waals surface area contributed by atoms with Crippen molar-refractivity contribution < 1.29 is 108 Å². The van der Waals surface area contributed by atoms with Crippen molar-refractivity contribution in [1.29, 1.82) is 0 Å². The zero-order valence-corrected chi connectivity index (χ0v) is 44.6. The second kappa shape index (κ2) is 22.7. The summed E-state index contributed by atoms with van der Waals surface area (Å²) in [5.74, 6) is -1.71. The van der Waals surface area contributed by atoms with E-state index in [0.717, 1.165) is 30.7 Å². The number of hydrogen-bond acceptors (Lipinski definition) is 30. The number of nitrogens with two attached hydrogens (primary N) is 3. The van der Waals surface area contributed by atoms with Gasteiger partial charge in [0.25, 0.3) is 24.5 Å². The van der Waals surface area contributed by atoms with Crippen molar-refractivity contribution >= 4 is 82.5 Å². The summed E-state index contributed by atoms with van der Waals surface area (Å²) in [5, 5.41) is 33.2. The molecule has 3 aliphatic heterocycles. The van der Waals surface area contributed by atoms with Crippen LogP contribution in [0.2, 0.25) is 0 Å². The molecule has 79 heavy (non-hydrogen) atoms. The number of H-pyrrole nitrogens is 2. The van der Waals surface area contributed by atoms with Crippen LogP contribution < -0.4 is 37.8 Å². The summed E-state index contributed by atoms with van der Waals surface area (Å²) in [4.78, 5) is 99.2. The first-order valence-electron chi connectivity index (χ1n) is 23.1. The molecule has 6 aromatic heterocycles. The monoisotopic (exact) mass is 1200 g/mol. The smallest absolute Gasteiger partial charge is 0.490 e. The van der Waals surface area contributed by atoms with Crippen molar-refractivity contribution in [2.75, 3.05) is 57.3 Å². The summed E-state index contributed by atoms with van der Waals surface area (Å²) in [6, 6.07) is 0. The largest absolute Gasteiger partial charge is 0.756 e. The Labute approximate surface area is 440 Å². The number of phosphoric ester groups is 3. The lowest BCUT2D eigenvalue weighted by atomic mass is 9.99. The van der Waals surface area contributed by atoms with Crippen LogP contribution >= 0.6 is 31.3 Å². The third kappa shape index (κ3) is 12.2. The Kier molecular flexibility index (Phi) is 16.8. The summed E-state index contributed by atoms with van der Waals surface area (Å²) in [6.45, 7) is -1.48. The normalized spacial score (nSPS) is 29.5. The molecule has 16 atom stereocenters. The number of nitrogens with one attached hydrogen (secondary N) is 2. The van der Waals surface area contributed by atoms with E-state index >= 15 is 0 Å². The van der Waals surface area contributed by atoms with E-state index in [9.17, 15) is 62.7 Å². The maximum absolute atomic E-state index is 13.6. The van der Waals surface area contributed by atoms with Gasteiger partial charge in [0, 0.05) is 19.6 Å². The molecule has 6 aromatic rings. The average molecular weight is 1200 g/mol. The van der Waals surface area contributed by atoms with Crippen molar-refractivity contribution in [3.05, 3.63) is 46.0 Å². The molecule has 9 heterocycles. The first-order valence-corrected chi connectivity index (χ1v) is 29.0. The third-order valence-corrected chi connectivity index (χ3v) is 17.6. The first kappa shape index (κ1) is 58.5. The van der Waals surface area contributed by atoms with Gasteiger partial charge in [-0.05, 0) is 6.42 Å². The maximum Gasteiger partial charge on any atom is 0.490 e. The molecule has 0 spiro atoms. The lowest BCUT2D eigenvalue weighted by molar-refractivity contribution is -0.646. The number of ether oxygens (including phenoxy) is 5. The fraction of sp³-hybridized carbons (Fsp3) is 0.583.